The largest absolute Gasteiger partial charge is 0.416 e. The molecule has 0 aliphatic heterocycles. The van der Waals surface area contributed by atoms with Gasteiger partial charge in [-0.15, -0.1) is 0 Å². The van der Waals surface area contributed by atoms with Crippen LogP contribution in [0.1, 0.15) is 15.9 Å². The number of carbonyl (C=O) groups is 1. The Hall–Kier alpha value is -3.95. The van der Waals surface area contributed by atoms with Gasteiger partial charge in [-0.25, -0.2) is 9.37 Å². The summed E-state index contributed by atoms with van der Waals surface area (Å²) >= 11 is 0. The predicted octanol–water partition coefficient (Wildman–Crippen LogP) is 4.42. The lowest BCUT2D eigenvalue weighted by atomic mass is 10.2. The molecule has 2 aromatic carbocycles. The molecular formula is C20H13F4N5O. The van der Waals surface area contributed by atoms with E-state index in [1.807, 2.05) is 0 Å². The molecule has 0 saturated heterocycles. The molecule has 4 rings (SSSR count). The summed E-state index contributed by atoms with van der Waals surface area (Å²) in [5, 5.41) is 3.20. The molecule has 2 heterocycles. The molecule has 0 atom stereocenters. The maximum absolute atomic E-state index is 13.6. The summed E-state index contributed by atoms with van der Waals surface area (Å²) in [6, 6.07) is 10.6. The molecule has 1 amide bonds. The number of benzene rings is 2. The second-order valence-corrected chi connectivity index (χ2v) is 6.38. The maximum Gasteiger partial charge on any atom is 0.416 e. The molecule has 10 heteroatoms. The van der Waals surface area contributed by atoms with Gasteiger partial charge in [-0.05, 0) is 30.3 Å². The summed E-state index contributed by atoms with van der Waals surface area (Å²) < 4.78 is 54.0. The van der Waals surface area contributed by atoms with Crippen molar-refractivity contribution in [1.82, 2.24) is 14.5 Å². The Morgan fingerprint density at radius 1 is 1.10 bits per heavy atom. The number of alkyl halides is 3. The molecular weight excluding hydrogens is 402 g/mol. The van der Waals surface area contributed by atoms with Gasteiger partial charge in [-0.3, -0.25) is 4.79 Å². The molecule has 4 aromatic rings. The topological polar surface area (TPSA) is 85.8 Å². The second-order valence-electron chi connectivity index (χ2n) is 6.38. The third kappa shape index (κ3) is 3.66. The number of carbonyl (C=O) groups excluding carboxylic acids is 1. The number of halogens is 4. The predicted molar refractivity (Wildman–Crippen MR) is 102 cm³/mol. The lowest BCUT2D eigenvalue weighted by molar-refractivity contribution is -0.137. The summed E-state index contributed by atoms with van der Waals surface area (Å²) in [5.41, 5.74) is 5.09. The SMILES string of the molecule is NC(=O)c1cn(-c2ccnc(Nc3cc(F)cc(C(F)(F)F)c3)n2)c2ccccc12. The number of anilines is 2. The van der Waals surface area contributed by atoms with Gasteiger partial charge < -0.3 is 15.6 Å². The van der Waals surface area contributed by atoms with Crippen LogP contribution >= 0.6 is 0 Å². The fraction of sp³-hybridized carbons (Fsp3) is 0.0500. The van der Waals surface area contributed by atoms with Crippen LogP contribution in [0.5, 0.6) is 0 Å². The first-order valence-corrected chi connectivity index (χ1v) is 8.60. The number of nitrogens with one attached hydrogen (secondary N) is 1. The minimum Gasteiger partial charge on any atom is -0.366 e. The van der Waals surface area contributed by atoms with E-state index in [1.165, 1.54) is 12.4 Å². The van der Waals surface area contributed by atoms with Crippen molar-refractivity contribution in [2.45, 2.75) is 6.18 Å². The standard InChI is InChI=1S/C20H13F4N5O/c21-12-7-11(20(22,23)24)8-13(9-12)27-19-26-6-5-17(28-19)29-10-15(18(25)30)14-3-1-2-4-16(14)29/h1-10H,(H2,25,30)(H,26,27,28). The van der Waals surface area contributed by atoms with E-state index < -0.39 is 23.5 Å². The Kier molecular flexibility index (Phi) is 4.61. The van der Waals surface area contributed by atoms with Gasteiger partial charge in [0.05, 0.1) is 16.6 Å². The van der Waals surface area contributed by atoms with E-state index in [1.54, 1.807) is 34.9 Å². The highest BCUT2D eigenvalue weighted by Gasteiger charge is 2.31. The van der Waals surface area contributed by atoms with Crippen LogP contribution in [0, 0.1) is 5.82 Å². The van der Waals surface area contributed by atoms with Gasteiger partial charge >= 0.3 is 6.18 Å². The number of nitrogens with zero attached hydrogens (tertiary/aromatic N) is 3. The molecule has 0 unspecified atom stereocenters. The van der Waals surface area contributed by atoms with Gasteiger partial charge in [-0.1, -0.05) is 18.2 Å². The van der Waals surface area contributed by atoms with Crippen LogP contribution in [0.3, 0.4) is 0 Å². The fourth-order valence-electron chi connectivity index (χ4n) is 3.06. The summed E-state index contributed by atoms with van der Waals surface area (Å²) in [7, 11) is 0. The highest BCUT2D eigenvalue weighted by atomic mass is 19.4. The zero-order valence-electron chi connectivity index (χ0n) is 15.1. The van der Waals surface area contributed by atoms with Crippen molar-refractivity contribution < 1.29 is 22.4 Å². The molecule has 0 saturated carbocycles. The van der Waals surface area contributed by atoms with E-state index in [2.05, 4.69) is 15.3 Å². The Morgan fingerprint density at radius 3 is 2.60 bits per heavy atom. The van der Waals surface area contributed by atoms with E-state index in [0.717, 1.165) is 12.1 Å². The molecule has 0 aliphatic carbocycles. The first-order chi connectivity index (χ1) is 14.2. The van der Waals surface area contributed by atoms with Crippen LogP contribution in [0.15, 0.2) is 60.9 Å². The zero-order chi connectivity index (χ0) is 21.5. The lowest BCUT2D eigenvalue weighted by Crippen LogP contribution is -2.10. The minimum absolute atomic E-state index is 0.0513. The van der Waals surface area contributed by atoms with Crippen molar-refractivity contribution in [2.75, 3.05) is 5.32 Å². The number of amides is 1. The number of fused-ring (bicyclic) bond motifs is 1. The summed E-state index contributed by atoms with van der Waals surface area (Å²) in [4.78, 5) is 20.0. The van der Waals surface area contributed by atoms with E-state index in [9.17, 15) is 22.4 Å². The zero-order valence-corrected chi connectivity index (χ0v) is 15.1. The van der Waals surface area contributed by atoms with Crippen LogP contribution < -0.4 is 11.1 Å². The first-order valence-electron chi connectivity index (χ1n) is 8.60. The van der Waals surface area contributed by atoms with Crippen LogP contribution in [-0.4, -0.2) is 20.4 Å². The van der Waals surface area contributed by atoms with Gasteiger partial charge in [0.15, 0.2) is 0 Å². The number of hydrogen-bond donors (Lipinski definition) is 2. The number of nitrogens with two attached hydrogens (primary N) is 1. The summed E-state index contributed by atoms with van der Waals surface area (Å²) in [5.74, 6) is -1.38. The second kappa shape index (κ2) is 7.14. The average molecular weight is 415 g/mol. The van der Waals surface area contributed by atoms with E-state index in [-0.39, 0.29) is 11.6 Å². The smallest absolute Gasteiger partial charge is 0.366 e. The van der Waals surface area contributed by atoms with Crippen LogP contribution in [0.4, 0.5) is 29.2 Å². The molecule has 0 bridgehead atoms. The third-order valence-electron chi connectivity index (χ3n) is 4.35. The lowest BCUT2D eigenvalue weighted by Gasteiger charge is -2.11. The first kappa shape index (κ1) is 19.4. The normalized spacial score (nSPS) is 11.6. The molecule has 2 aromatic heterocycles. The number of hydrogen-bond acceptors (Lipinski definition) is 4. The van der Waals surface area contributed by atoms with Gasteiger partial charge in [0.1, 0.15) is 11.6 Å². The number of para-hydroxylation sites is 1. The van der Waals surface area contributed by atoms with Gasteiger partial charge in [-0.2, -0.15) is 18.2 Å². The molecule has 6 nitrogen and oxygen atoms in total. The Labute approximate surface area is 167 Å². The highest BCUT2D eigenvalue weighted by molar-refractivity contribution is 6.06. The van der Waals surface area contributed by atoms with Crippen LogP contribution in [0.2, 0.25) is 0 Å². The number of rotatable bonds is 4. The Morgan fingerprint density at radius 2 is 1.87 bits per heavy atom. The van der Waals surface area contributed by atoms with E-state index in [0.29, 0.717) is 28.4 Å². The number of primary amides is 1. The minimum atomic E-state index is -4.70. The van der Waals surface area contributed by atoms with Crippen LogP contribution in [-0.2, 0) is 6.18 Å². The van der Waals surface area contributed by atoms with E-state index in [4.69, 9.17) is 5.73 Å². The van der Waals surface area contributed by atoms with Crippen molar-refractivity contribution in [3.8, 4) is 5.82 Å². The Bertz CT molecular complexity index is 1270. The van der Waals surface area contributed by atoms with Crippen molar-refractivity contribution in [2.24, 2.45) is 5.73 Å². The molecule has 30 heavy (non-hydrogen) atoms. The summed E-state index contributed by atoms with van der Waals surface area (Å²) in [6.07, 6.45) is -1.80. The highest BCUT2D eigenvalue weighted by Crippen LogP contribution is 2.32. The van der Waals surface area contributed by atoms with Gasteiger partial charge in [0.25, 0.3) is 5.91 Å². The fourth-order valence-corrected chi connectivity index (χ4v) is 3.06. The van der Waals surface area contributed by atoms with Crippen LogP contribution in [0.25, 0.3) is 16.7 Å². The molecule has 0 radical (unpaired) electrons. The average Bonchev–Trinajstić information content (AvgIpc) is 3.07. The number of aromatic nitrogens is 3. The van der Waals surface area contributed by atoms with E-state index >= 15 is 0 Å². The van der Waals surface area contributed by atoms with Crippen molar-refractivity contribution in [3.05, 3.63) is 77.9 Å². The van der Waals surface area contributed by atoms with Gasteiger partial charge in [0.2, 0.25) is 5.95 Å². The Balaban J connectivity index is 1.74. The third-order valence-corrected chi connectivity index (χ3v) is 4.35. The van der Waals surface area contributed by atoms with Crippen molar-refractivity contribution in [1.29, 1.82) is 0 Å². The molecule has 0 fully saturated rings. The monoisotopic (exact) mass is 415 g/mol. The molecule has 0 aliphatic rings. The molecule has 3 N–H and O–H groups in total. The van der Waals surface area contributed by atoms with Crippen molar-refractivity contribution in [3.63, 3.8) is 0 Å². The molecule has 0 spiro atoms. The maximum atomic E-state index is 13.6. The quantitative estimate of drug-likeness (QED) is 0.483. The summed E-state index contributed by atoms with van der Waals surface area (Å²) in [6.45, 7) is 0. The van der Waals surface area contributed by atoms with Crippen molar-refractivity contribution >= 4 is 28.4 Å². The molecule has 152 valence electrons. The van der Waals surface area contributed by atoms with Gasteiger partial charge in [0, 0.05) is 23.5 Å².